The molecule has 16 heavy (non-hydrogen) atoms. The summed E-state index contributed by atoms with van der Waals surface area (Å²) in [7, 11) is 0. The molecule has 1 rings (SSSR count). The Morgan fingerprint density at radius 3 is 2.81 bits per heavy atom. The molecule has 0 aliphatic carbocycles. The van der Waals surface area contributed by atoms with Crippen LogP contribution in [0.3, 0.4) is 0 Å². The monoisotopic (exact) mass is 223 g/mol. The van der Waals surface area contributed by atoms with Crippen LogP contribution in [0.5, 0.6) is 0 Å². The summed E-state index contributed by atoms with van der Waals surface area (Å²) in [4.78, 5) is 14.8. The summed E-state index contributed by atoms with van der Waals surface area (Å²) in [5, 5.41) is 12.3. The van der Waals surface area contributed by atoms with E-state index in [1.54, 1.807) is 12.1 Å². The van der Waals surface area contributed by atoms with Gasteiger partial charge in [0.2, 0.25) is 0 Å². The number of hydrogen-bond acceptors (Lipinski definition) is 4. The van der Waals surface area contributed by atoms with Crippen LogP contribution in [0.4, 0.5) is 5.69 Å². The number of aliphatic hydroxyl groups is 1. The molecule has 1 atom stereocenters. The Hall–Kier alpha value is -1.62. The van der Waals surface area contributed by atoms with E-state index in [1.807, 2.05) is 13.8 Å². The summed E-state index contributed by atoms with van der Waals surface area (Å²) in [6.07, 6.45) is 1.51. The van der Waals surface area contributed by atoms with Crippen molar-refractivity contribution in [1.29, 1.82) is 0 Å². The van der Waals surface area contributed by atoms with Gasteiger partial charge in [-0.3, -0.25) is 9.78 Å². The minimum Gasteiger partial charge on any atom is -0.394 e. The van der Waals surface area contributed by atoms with Gasteiger partial charge in [-0.25, -0.2) is 0 Å². The van der Waals surface area contributed by atoms with Crippen molar-refractivity contribution in [1.82, 2.24) is 4.98 Å². The van der Waals surface area contributed by atoms with Crippen LogP contribution < -0.4 is 11.1 Å². The molecule has 1 unspecified atom stereocenters. The van der Waals surface area contributed by atoms with Crippen LogP contribution in [0, 0.1) is 5.92 Å². The zero-order valence-electron chi connectivity index (χ0n) is 9.47. The molecule has 0 saturated heterocycles. The highest BCUT2D eigenvalue weighted by Gasteiger charge is 2.12. The van der Waals surface area contributed by atoms with Crippen molar-refractivity contribution in [2.24, 2.45) is 11.7 Å². The number of primary amides is 1. The highest BCUT2D eigenvalue weighted by molar-refractivity contribution is 5.91. The average molecular weight is 223 g/mol. The van der Waals surface area contributed by atoms with Crippen molar-refractivity contribution in [2.75, 3.05) is 11.9 Å². The van der Waals surface area contributed by atoms with Gasteiger partial charge in [0.05, 0.1) is 12.6 Å². The molecule has 0 aliphatic rings. The van der Waals surface area contributed by atoms with Gasteiger partial charge in [-0.05, 0) is 18.1 Å². The van der Waals surface area contributed by atoms with Gasteiger partial charge in [0.1, 0.15) is 5.69 Å². The van der Waals surface area contributed by atoms with Crippen molar-refractivity contribution in [3.8, 4) is 0 Å². The number of rotatable bonds is 5. The van der Waals surface area contributed by atoms with Crippen molar-refractivity contribution in [3.05, 3.63) is 24.0 Å². The smallest absolute Gasteiger partial charge is 0.267 e. The molecule has 1 heterocycles. The van der Waals surface area contributed by atoms with Gasteiger partial charge in [0.25, 0.3) is 5.91 Å². The minimum atomic E-state index is -0.561. The highest BCUT2D eigenvalue weighted by Crippen LogP contribution is 2.12. The number of carbonyl (C=O) groups is 1. The lowest BCUT2D eigenvalue weighted by Gasteiger charge is -2.21. The van der Waals surface area contributed by atoms with Crippen LogP contribution >= 0.6 is 0 Å². The van der Waals surface area contributed by atoms with E-state index in [-0.39, 0.29) is 24.3 Å². The second-order valence-corrected chi connectivity index (χ2v) is 3.97. The number of anilines is 1. The first-order valence-electron chi connectivity index (χ1n) is 5.18. The summed E-state index contributed by atoms with van der Waals surface area (Å²) in [6.45, 7) is 4.04. The van der Waals surface area contributed by atoms with E-state index >= 15 is 0 Å². The van der Waals surface area contributed by atoms with Gasteiger partial charge in [0, 0.05) is 11.9 Å². The van der Waals surface area contributed by atoms with E-state index in [1.165, 1.54) is 6.20 Å². The largest absolute Gasteiger partial charge is 0.394 e. The van der Waals surface area contributed by atoms with E-state index < -0.39 is 5.91 Å². The van der Waals surface area contributed by atoms with E-state index in [0.29, 0.717) is 0 Å². The molecule has 0 spiro atoms. The zero-order chi connectivity index (χ0) is 12.1. The van der Waals surface area contributed by atoms with Crippen molar-refractivity contribution in [3.63, 3.8) is 0 Å². The highest BCUT2D eigenvalue weighted by atomic mass is 16.3. The Morgan fingerprint density at radius 1 is 1.62 bits per heavy atom. The lowest BCUT2D eigenvalue weighted by Crippen LogP contribution is -2.29. The zero-order valence-corrected chi connectivity index (χ0v) is 9.47. The van der Waals surface area contributed by atoms with Gasteiger partial charge < -0.3 is 16.2 Å². The predicted molar refractivity (Wildman–Crippen MR) is 62.1 cm³/mol. The number of carbonyl (C=O) groups excluding carboxylic acids is 1. The maximum atomic E-state index is 10.9. The molecular formula is C11H17N3O2. The second-order valence-electron chi connectivity index (χ2n) is 3.97. The molecule has 0 fully saturated rings. The van der Waals surface area contributed by atoms with Gasteiger partial charge >= 0.3 is 0 Å². The average Bonchev–Trinajstić information content (AvgIpc) is 2.25. The molecule has 4 N–H and O–H groups in total. The third-order valence-corrected chi connectivity index (χ3v) is 2.37. The molecule has 88 valence electrons. The SMILES string of the molecule is CC(C)C(CO)Nc1ccnc(C(N)=O)c1. The van der Waals surface area contributed by atoms with Gasteiger partial charge in [-0.15, -0.1) is 0 Å². The van der Waals surface area contributed by atoms with Gasteiger partial charge in [0.15, 0.2) is 0 Å². The molecule has 0 radical (unpaired) electrons. The predicted octanol–water partition coefficient (Wildman–Crippen LogP) is 0.609. The third-order valence-electron chi connectivity index (χ3n) is 2.37. The van der Waals surface area contributed by atoms with Crippen LogP contribution in [0.2, 0.25) is 0 Å². The minimum absolute atomic E-state index is 0.0336. The fourth-order valence-electron chi connectivity index (χ4n) is 1.29. The fraction of sp³-hybridized carbons (Fsp3) is 0.455. The Bertz CT molecular complexity index is 366. The summed E-state index contributed by atoms with van der Waals surface area (Å²) in [6, 6.07) is 3.26. The number of nitrogens with one attached hydrogen (secondary N) is 1. The summed E-state index contributed by atoms with van der Waals surface area (Å²) < 4.78 is 0. The molecule has 1 aromatic heterocycles. The molecule has 1 aromatic rings. The number of aliphatic hydroxyl groups excluding tert-OH is 1. The van der Waals surface area contributed by atoms with Crippen LogP contribution in [0.25, 0.3) is 0 Å². The number of nitrogens with two attached hydrogens (primary N) is 1. The standard InChI is InChI=1S/C11H17N3O2/c1-7(2)10(6-15)14-8-3-4-13-9(5-8)11(12)16/h3-5,7,10,15H,6H2,1-2H3,(H2,12,16)(H,13,14). The van der Waals surface area contributed by atoms with Crippen molar-refractivity contribution in [2.45, 2.75) is 19.9 Å². The maximum Gasteiger partial charge on any atom is 0.267 e. The van der Waals surface area contributed by atoms with Crippen molar-refractivity contribution < 1.29 is 9.90 Å². The topological polar surface area (TPSA) is 88.2 Å². The summed E-state index contributed by atoms with van der Waals surface area (Å²) in [5.41, 5.74) is 6.07. The van der Waals surface area contributed by atoms with Gasteiger partial charge in [-0.1, -0.05) is 13.8 Å². The van der Waals surface area contributed by atoms with E-state index in [9.17, 15) is 4.79 Å². The summed E-state index contributed by atoms with van der Waals surface area (Å²) >= 11 is 0. The molecule has 0 bridgehead atoms. The van der Waals surface area contributed by atoms with E-state index in [4.69, 9.17) is 10.8 Å². The Morgan fingerprint density at radius 2 is 2.31 bits per heavy atom. The molecule has 5 nitrogen and oxygen atoms in total. The van der Waals surface area contributed by atoms with Crippen LogP contribution in [0.15, 0.2) is 18.3 Å². The maximum absolute atomic E-state index is 10.9. The Labute approximate surface area is 94.7 Å². The van der Waals surface area contributed by atoms with E-state index in [0.717, 1.165) is 5.69 Å². The summed E-state index contributed by atoms with van der Waals surface area (Å²) in [5.74, 6) is -0.274. The molecular weight excluding hydrogens is 206 g/mol. The number of pyridine rings is 1. The van der Waals surface area contributed by atoms with Crippen LogP contribution in [0.1, 0.15) is 24.3 Å². The number of hydrogen-bond donors (Lipinski definition) is 3. The molecule has 5 heteroatoms. The van der Waals surface area contributed by atoms with Crippen molar-refractivity contribution >= 4 is 11.6 Å². The molecule has 0 aliphatic heterocycles. The van der Waals surface area contributed by atoms with E-state index in [2.05, 4.69) is 10.3 Å². The molecule has 0 aromatic carbocycles. The van der Waals surface area contributed by atoms with Crippen LogP contribution in [-0.2, 0) is 0 Å². The third kappa shape index (κ3) is 3.20. The Kier molecular flexibility index (Phi) is 4.25. The van der Waals surface area contributed by atoms with Gasteiger partial charge in [-0.2, -0.15) is 0 Å². The first kappa shape index (κ1) is 12.4. The lowest BCUT2D eigenvalue weighted by atomic mass is 10.1. The molecule has 1 amide bonds. The first-order valence-corrected chi connectivity index (χ1v) is 5.18. The Balaban J connectivity index is 2.80. The number of amides is 1. The molecule has 0 saturated carbocycles. The normalized spacial score (nSPS) is 12.5. The fourth-order valence-corrected chi connectivity index (χ4v) is 1.29. The second kappa shape index (κ2) is 5.46. The quantitative estimate of drug-likeness (QED) is 0.682. The number of nitrogens with zero attached hydrogens (tertiary/aromatic N) is 1. The number of aromatic nitrogens is 1. The van der Waals surface area contributed by atoms with Crippen LogP contribution in [-0.4, -0.2) is 28.6 Å². The first-order chi connectivity index (χ1) is 7.54. The lowest BCUT2D eigenvalue weighted by molar-refractivity contribution is 0.0995.